The Morgan fingerprint density at radius 1 is 1.03 bits per heavy atom. The van der Waals surface area contributed by atoms with Crippen LogP contribution in [0.5, 0.6) is 0 Å². The minimum absolute atomic E-state index is 0.00255. The SMILES string of the molecule is CC(C)CNC(=O)C(C)N(Cc1ccccc1)C(=O)CCCSc1ccc(Cl)cc1. The van der Waals surface area contributed by atoms with Crippen molar-refractivity contribution in [1.82, 2.24) is 10.2 Å². The largest absolute Gasteiger partial charge is 0.354 e. The Morgan fingerprint density at radius 3 is 2.33 bits per heavy atom. The molecule has 0 spiro atoms. The monoisotopic (exact) mass is 446 g/mol. The fourth-order valence-corrected chi connectivity index (χ4v) is 3.88. The number of hydrogen-bond donors (Lipinski definition) is 1. The van der Waals surface area contributed by atoms with Gasteiger partial charge < -0.3 is 10.2 Å². The number of halogens is 1. The second kappa shape index (κ2) is 12.7. The molecule has 0 saturated carbocycles. The molecule has 30 heavy (non-hydrogen) atoms. The number of hydrogen-bond acceptors (Lipinski definition) is 3. The number of carbonyl (C=O) groups excluding carboxylic acids is 2. The summed E-state index contributed by atoms with van der Waals surface area (Å²) >= 11 is 7.62. The van der Waals surface area contributed by atoms with Gasteiger partial charge in [-0.2, -0.15) is 0 Å². The van der Waals surface area contributed by atoms with Gasteiger partial charge in [0.1, 0.15) is 6.04 Å². The highest BCUT2D eigenvalue weighted by molar-refractivity contribution is 7.99. The molecule has 2 aromatic rings. The van der Waals surface area contributed by atoms with Crippen molar-refractivity contribution in [3.8, 4) is 0 Å². The van der Waals surface area contributed by atoms with Gasteiger partial charge in [0.05, 0.1) is 0 Å². The van der Waals surface area contributed by atoms with Crippen molar-refractivity contribution in [2.45, 2.75) is 51.1 Å². The van der Waals surface area contributed by atoms with Crippen molar-refractivity contribution >= 4 is 35.2 Å². The van der Waals surface area contributed by atoms with Gasteiger partial charge >= 0.3 is 0 Å². The zero-order chi connectivity index (χ0) is 21.9. The number of benzene rings is 2. The van der Waals surface area contributed by atoms with E-state index in [0.29, 0.717) is 25.4 Å². The molecule has 0 aliphatic carbocycles. The van der Waals surface area contributed by atoms with Gasteiger partial charge in [-0.3, -0.25) is 9.59 Å². The van der Waals surface area contributed by atoms with Crippen LogP contribution in [0.25, 0.3) is 0 Å². The summed E-state index contributed by atoms with van der Waals surface area (Å²) in [6.07, 6.45) is 1.16. The summed E-state index contributed by atoms with van der Waals surface area (Å²) < 4.78 is 0. The molecule has 2 amide bonds. The third-order valence-corrected chi connectivity index (χ3v) is 6.02. The van der Waals surface area contributed by atoms with Crippen LogP contribution in [-0.4, -0.2) is 35.1 Å². The smallest absolute Gasteiger partial charge is 0.242 e. The van der Waals surface area contributed by atoms with Crippen molar-refractivity contribution < 1.29 is 9.59 Å². The van der Waals surface area contributed by atoms with Crippen molar-refractivity contribution in [3.63, 3.8) is 0 Å². The van der Waals surface area contributed by atoms with E-state index in [2.05, 4.69) is 19.2 Å². The first kappa shape index (κ1) is 24.3. The Kier molecular flexibility index (Phi) is 10.2. The quantitative estimate of drug-likeness (QED) is 0.371. The van der Waals surface area contributed by atoms with E-state index in [1.807, 2.05) is 54.6 Å². The van der Waals surface area contributed by atoms with Crippen LogP contribution in [0.4, 0.5) is 0 Å². The Hall–Kier alpha value is -1.98. The highest BCUT2D eigenvalue weighted by atomic mass is 35.5. The van der Waals surface area contributed by atoms with Gasteiger partial charge in [-0.1, -0.05) is 55.8 Å². The van der Waals surface area contributed by atoms with Gasteiger partial charge in [0.25, 0.3) is 0 Å². The van der Waals surface area contributed by atoms with Gasteiger partial charge in [0, 0.05) is 29.4 Å². The summed E-state index contributed by atoms with van der Waals surface area (Å²) in [5.41, 5.74) is 1.02. The summed E-state index contributed by atoms with van der Waals surface area (Å²) in [6.45, 7) is 6.94. The maximum Gasteiger partial charge on any atom is 0.242 e. The summed E-state index contributed by atoms with van der Waals surface area (Å²) in [5.74, 6) is 1.09. The molecule has 2 aromatic carbocycles. The molecule has 0 radical (unpaired) electrons. The minimum atomic E-state index is -0.514. The number of nitrogens with zero attached hydrogens (tertiary/aromatic N) is 1. The third-order valence-electron chi connectivity index (χ3n) is 4.66. The van der Waals surface area contributed by atoms with E-state index in [9.17, 15) is 9.59 Å². The van der Waals surface area contributed by atoms with Crippen molar-refractivity contribution in [2.24, 2.45) is 5.92 Å². The highest BCUT2D eigenvalue weighted by Gasteiger charge is 2.25. The second-order valence-electron chi connectivity index (χ2n) is 7.73. The molecule has 0 bridgehead atoms. The van der Waals surface area contributed by atoms with Crippen LogP contribution in [0, 0.1) is 5.92 Å². The summed E-state index contributed by atoms with van der Waals surface area (Å²) in [7, 11) is 0. The van der Waals surface area contributed by atoms with Crippen LogP contribution < -0.4 is 5.32 Å². The van der Waals surface area contributed by atoms with E-state index < -0.39 is 6.04 Å². The lowest BCUT2D eigenvalue weighted by molar-refractivity contribution is -0.140. The lowest BCUT2D eigenvalue weighted by Crippen LogP contribution is -2.48. The molecule has 0 aliphatic rings. The van der Waals surface area contributed by atoms with Crippen LogP contribution in [-0.2, 0) is 16.1 Å². The first-order chi connectivity index (χ1) is 14.4. The molecule has 0 heterocycles. The zero-order valence-corrected chi connectivity index (χ0v) is 19.5. The number of amides is 2. The van der Waals surface area contributed by atoms with Crippen molar-refractivity contribution in [3.05, 3.63) is 65.2 Å². The molecule has 0 saturated heterocycles. The number of thioether (sulfide) groups is 1. The van der Waals surface area contributed by atoms with Crippen LogP contribution in [0.1, 0.15) is 39.2 Å². The predicted octanol–water partition coefficient (Wildman–Crippen LogP) is 5.40. The molecular weight excluding hydrogens is 416 g/mol. The van der Waals surface area contributed by atoms with E-state index in [4.69, 9.17) is 11.6 Å². The Labute approximate surface area is 189 Å². The van der Waals surface area contributed by atoms with E-state index in [1.54, 1.807) is 23.6 Å². The summed E-state index contributed by atoms with van der Waals surface area (Å²) in [6, 6.07) is 17.0. The molecule has 2 rings (SSSR count). The molecule has 6 heteroatoms. The van der Waals surface area contributed by atoms with Gasteiger partial charge in [-0.25, -0.2) is 0 Å². The Balaban J connectivity index is 1.94. The average molecular weight is 447 g/mol. The maximum absolute atomic E-state index is 13.0. The van der Waals surface area contributed by atoms with Gasteiger partial charge in [0.15, 0.2) is 0 Å². The number of carbonyl (C=O) groups is 2. The average Bonchev–Trinajstić information content (AvgIpc) is 2.74. The van der Waals surface area contributed by atoms with Gasteiger partial charge in [0.2, 0.25) is 11.8 Å². The Bertz CT molecular complexity index is 797. The van der Waals surface area contributed by atoms with Crippen LogP contribution in [0.15, 0.2) is 59.5 Å². The lowest BCUT2D eigenvalue weighted by Gasteiger charge is -2.29. The molecule has 0 aromatic heterocycles. The first-order valence-electron chi connectivity index (χ1n) is 10.4. The van der Waals surface area contributed by atoms with Crippen LogP contribution in [0.3, 0.4) is 0 Å². The molecular formula is C24H31ClN2O2S. The standard InChI is InChI=1S/C24H31ClN2O2S/c1-18(2)16-26-24(29)19(3)27(17-20-8-5-4-6-9-20)23(28)10-7-15-30-22-13-11-21(25)12-14-22/h4-6,8-9,11-14,18-19H,7,10,15-17H2,1-3H3,(H,26,29). The maximum atomic E-state index is 13.0. The zero-order valence-electron chi connectivity index (χ0n) is 17.9. The lowest BCUT2D eigenvalue weighted by atomic mass is 10.1. The normalized spacial score (nSPS) is 11.9. The molecule has 162 valence electrons. The second-order valence-corrected chi connectivity index (χ2v) is 9.33. The van der Waals surface area contributed by atoms with Gasteiger partial charge in [-0.15, -0.1) is 11.8 Å². The van der Waals surface area contributed by atoms with Crippen LogP contribution >= 0.6 is 23.4 Å². The van der Waals surface area contributed by atoms with E-state index in [0.717, 1.165) is 27.7 Å². The van der Waals surface area contributed by atoms with E-state index >= 15 is 0 Å². The summed E-state index contributed by atoms with van der Waals surface area (Å²) in [4.78, 5) is 28.4. The molecule has 0 aliphatic heterocycles. The minimum Gasteiger partial charge on any atom is -0.354 e. The highest BCUT2D eigenvalue weighted by Crippen LogP contribution is 2.22. The molecule has 1 atom stereocenters. The Morgan fingerprint density at radius 2 is 1.70 bits per heavy atom. The molecule has 1 N–H and O–H groups in total. The topological polar surface area (TPSA) is 49.4 Å². The third kappa shape index (κ3) is 8.41. The van der Waals surface area contributed by atoms with E-state index in [-0.39, 0.29) is 11.8 Å². The predicted molar refractivity (Wildman–Crippen MR) is 126 cm³/mol. The number of rotatable bonds is 11. The fraction of sp³-hybridized carbons (Fsp3) is 0.417. The number of nitrogens with one attached hydrogen (secondary N) is 1. The fourth-order valence-electron chi connectivity index (χ4n) is 2.90. The van der Waals surface area contributed by atoms with Crippen LogP contribution in [0.2, 0.25) is 5.02 Å². The summed E-state index contributed by atoms with van der Waals surface area (Å²) in [5, 5.41) is 3.67. The molecule has 0 fully saturated rings. The van der Waals surface area contributed by atoms with Crippen molar-refractivity contribution in [2.75, 3.05) is 12.3 Å². The van der Waals surface area contributed by atoms with E-state index in [1.165, 1.54) is 0 Å². The molecule has 4 nitrogen and oxygen atoms in total. The first-order valence-corrected chi connectivity index (χ1v) is 11.7. The van der Waals surface area contributed by atoms with Crippen molar-refractivity contribution in [1.29, 1.82) is 0 Å². The molecule has 1 unspecified atom stereocenters. The van der Waals surface area contributed by atoms with Gasteiger partial charge in [-0.05, 0) is 54.8 Å².